The van der Waals surface area contributed by atoms with Gasteiger partial charge in [-0.25, -0.2) is 9.59 Å². The number of carbonyl (C=O) groups is 3. The molecule has 1 rings (SSSR count). The van der Waals surface area contributed by atoms with E-state index < -0.39 is 36.2 Å². The Morgan fingerprint density at radius 2 is 1.75 bits per heavy atom. The summed E-state index contributed by atoms with van der Waals surface area (Å²) in [5, 5.41) is 14.0. The molecule has 0 spiro atoms. The highest BCUT2D eigenvalue weighted by Crippen LogP contribution is 2.13. The maximum Gasteiger partial charge on any atom is 0.412 e. The molecule has 2 amide bonds. The normalized spacial score (nSPS) is 12.0. The van der Waals surface area contributed by atoms with Crippen LogP contribution in [0.3, 0.4) is 0 Å². The molecular weight excluding hydrogens is 316 g/mol. The number of aliphatic hydroxyl groups is 1. The van der Waals surface area contributed by atoms with E-state index in [4.69, 9.17) is 9.84 Å². The van der Waals surface area contributed by atoms with Crippen LogP contribution >= 0.6 is 0 Å². The van der Waals surface area contributed by atoms with Crippen LogP contribution in [0, 0.1) is 0 Å². The zero-order valence-electron chi connectivity index (χ0n) is 14.1. The summed E-state index contributed by atoms with van der Waals surface area (Å²) >= 11 is 0. The van der Waals surface area contributed by atoms with E-state index in [-0.39, 0.29) is 5.56 Å². The molecule has 8 nitrogen and oxygen atoms in total. The topological polar surface area (TPSA) is 114 Å². The fourth-order valence-electron chi connectivity index (χ4n) is 1.69. The van der Waals surface area contributed by atoms with Crippen LogP contribution in [0.25, 0.3) is 0 Å². The molecule has 0 aliphatic carbocycles. The third-order valence-electron chi connectivity index (χ3n) is 2.77. The summed E-state index contributed by atoms with van der Waals surface area (Å²) in [5.41, 5.74) is 0.0939. The first-order chi connectivity index (χ1) is 11.2. The van der Waals surface area contributed by atoms with Gasteiger partial charge in [0.05, 0.1) is 13.7 Å². The lowest BCUT2D eigenvalue weighted by atomic mass is 10.1. The van der Waals surface area contributed by atoms with Crippen LogP contribution in [0.5, 0.6) is 0 Å². The van der Waals surface area contributed by atoms with Gasteiger partial charge in [-0.1, -0.05) is 0 Å². The van der Waals surface area contributed by atoms with Crippen molar-refractivity contribution in [2.24, 2.45) is 0 Å². The first-order valence-electron chi connectivity index (χ1n) is 7.26. The molecule has 0 heterocycles. The van der Waals surface area contributed by atoms with Crippen LogP contribution in [0.15, 0.2) is 24.3 Å². The lowest BCUT2D eigenvalue weighted by Crippen LogP contribution is -2.44. The molecule has 0 bridgehead atoms. The quantitative estimate of drug-likeness (QED) is 0.697. The minimum Gasteiger partial charge on any atom is -0.467 e. The number of carbonyl (C=O) groups excluding carboxylic acids is 3. The van der Waals surface area contributed by atoms with E-state index in [9.17, 15) is 14.4 Å². The molecule has 3 N–H and O–H groups in total. The van der Waals surface area contributed by atoms with Crippen molar-refractivity contribution < 1.29 is 29.0 Å². The number of esters is 1. The van der Waals surface area contributed by atoms with E-state index in [1.165, 1.54) is 24.3 Å². The van der Waals surface area contributed by atoms with Gasteiger partial charge in [-0.05, 0) is 45.0 Å². The van der Waals surface area contributed by atoms with Gasteiger partial charge in [0.15, 0.2) is 6.04 Å². The average Bonchev–Trinajstić information content (AvgIpc) is 2.50. The van der Waals surface area contributed by atoms with Gasteiger partial charge in [0, 0.05) is 11.3 Å². The number of benzene rings is 1. The molecule has 0 saturated heterocycles. The number of hydrogen-bond donors (Lipinski definition) is 3. The van der Waals surface area contributed by atoms with E-state index in [2.05, 4.69) is 15.4 Å². The largest absolute Gasteiger partial charge is 0.467 e. The third kappa shape index (κ3) is 6.25. The Balaban J connectivity index is 2.68. The van der Waals surface area contributed by atoms with E-state index in [0.29, 0.717) is 5.69 Å². The Kier molecular flexibility index (Phi) is 6.72. The van der Waals surface area contributed by atoms with Crippen LogP contribution in [-0.4, -0.2) is 48.4 Å². The molecule has 0 aliphatic rings. The van der Waals surface area contributed by atoms with Gasteiger partial charge in [-0.2, -0.15) is 0 Å². The number of hydrogen-bond acceptors (Lipinski definition) is 6. The number of ether oxygens (including phenoxy) is 2. The SMILES string of the molecule is COC(=O)[C@H](CO)NC(=O)c1ccc(NC(=O)OC(C)(C)C)cc1. The van der Waals surface area contributed by atoms with E-state index in [1.54, 1.807) is 20.8 Å². The molecule has 1 aromatic rings. The van der Waals surface area contributed by atoms with Gasteiger partial charge in [-0.15, -0.1) is 0 Å². The van der Waals surface area contributed by atoms with Crippen LogP contribution < -0.4 is 10.6 Å². The molecule has 0 fully saturated rings. The van der Waals surface area contributed by atoms with Gasteiger partial charge in [0.2, 0.25) is 0 Å². The van der Waals surface area contributed by atoms with Gasteiger partial charge in [0.25, 0.3) is 5.91 Å². The van der Waals surface area contributed by atoms with E-state index in [0.717, 1.165) is 7.11 Å². The Morgan fingerprint density at radius 1 is 1.17 bits per heavy atom. The zero-order valence-corrected chi connectivity index (χ0v) is 14.1. The number of amides is 2. The van der Waals surface area contributed by atoms with Crippen molar-refractivity contribution in [1.82, 2.24) is 5.32 Å². The van der Waals surface area contributed by atoms with Crippen LogP contribution in [0.1, 0.15) is 31.1 Å². The highest BCUT2D eigenvalue weighted by Gasteiger charge is 2.21. The molecule has 8 heteroatoms. The van der Waals surface area contributed by atoms with Crippen LogP contribution in [0.2, 0.25) is 0 Å². The fourth-order valence-corrected chi connectivity index (χ4v) is 1.69. The number of aliphatic hydroxyl groups excluding tert-OH is 1. The Morgan fingerprint density at radius 3 is 2.21 bits per heavy atom. The predicted octanol–water partition coefficient (Wildman–Crippen LogP) is 1.30. The number of methoxy groups -OCH3 is 1. The Labute approximate surface area is 140 Å². The van der Waals surface area contributed by atoms with E-state index >= 15 is 0 Å². The second-order valence-electron chi connectivity index (χ2n) is 5.94. The zero-order chi connectivity index (χ0) is 18.3. The fraction of sp³-hybridized carbons (Fsp3) is 0.438. The second-order valence-corrected chi connectivity index (χ2v) is 5.94. The molecule has 0 saturated carbocycles. The lowest BCUT2D eigenvalue weighted by Gasteiger charge is -2.19. The highest BCUT2D eigenvalue weighted by molar-refractivity contribution is 5.97. The molecule has 24 heavy (non-hydrogen) atoms. The molecule has 0 unspecified atom stereocenters. The summed E-state index contributed by atoms with van der Waals surface area (Å²) in [6, 6.07) is 4.83. The smallest absolute Gasteiger partial charge is 0.412 e. The molecule has 0 aromatic heterocycles. The summed E-state index contributed by atoms with van der Waals surface area (Å²) in [4.78, 5) is 35.0. The molecule has 0 aliphatic heterocycles. The van der Waals surface area contributed by atoms with Crippen molar-refractivity contribution >= 4 is 23.7 Å². The maximum atomic E-state index is 12.0. The van der Waals surface area contributed by atoms with E-state index in [1.807, 2.05) is 0 Å². The lowest BCUT2D eigenvalue weighted by molar-refractivity contribution is -0.143. The average molecular weight is 338 g/mol. The van der Waals surface area contributed by atoms with Gasteiger partial charge >= 0.3 is 12.1 Å². The summed E-state index contributed by atoms with van der Waals surface area (Å²) in [6.07, 6.45) is -0.606. The third-order valence-corrected chi connectivity index (χ3v) is 2.77. The molecular formula is C16H22N2O6. The highest BCUT2D eigenvalue weighted by atomic mass is 16.6. The summed E-state index contributed by atoms with van der Waals surface area (Å²) in [7, 11) is 1.16. The summed E-state index contributed by atoms with van der Waals surface area (Å²) < 4.78 is 9.58. The molecule has 1 aromatic carbocycles. The first-order valence-corrected chi connectivity index (χ1v) is 7.26. The summed E-state index contributed by atoms with van der Waals surface area (Å²) in [6.45, 7) is 4.67. The minimum atomic E-state index is -1.14. The molecule has 1 atom stereocenters. The van der Waals surface area contributed by atoms with Crippen molar-refractivity contribution in [3.63, 3.8) is 0 Å². The minimum absolute atomic E-state index is 0.257. The maximum absolute atomic E-state index is 12.0. The molecule has 0 radical (unpaired) electrons. The van der Waals surface area contributed by atoms with Gasteiger partial charge in [0.1, 0.15) is 5.60 Å². The van der Waals surface area contributed by atoms with Crippen LogP contribution in [-0.2, 0) is 14.3 Å². The van der Waals surface area contributed by atoms with Crippen molar-refractivity contribution in [1.29, 1.82) is 0 Å². The van der Waals surface area contributed by atoms with Crippen molar-refractivity contribution in [3.05, 3.63) is 29.8 Å². The standard InChI is InChI=1S/C16H22N2O6/c1-16(2,3)24-15(22)17-11-7-5-10(6-8-11)13(20)18-12(9-19)14(21)23-4/h5-8,12,19H,9H2,1-4H3,(H,17,22)(H,18,20)/t12-/m0/s1. The number of rotatable bonds is 5. The first kappa shape index (κ1) is 19.4. The van der Waals surface area contributed by atoms with Crippen LogP contribution in [0.4, 0.5) is 10.5 Å². The Hall–Kier alpha value is -2.61. The Bertz CT molecular complexity index is 592. The van der Waals surface area contributed by atoms with Gasteiger partial charge < -0.3 is 19.9 Å². The molecule has 132 valence electrons. The van der Waals surface area contributed by atoms with Crippen molar-refractivity contribution in [2.45, 2.75) is 32.4 Å². The second kappa shape index (κ2) is 8.30. The number of nitrogens with one attached hydrogen (secondary N) is 2. The summed E-state index contributed by atoms with van der Waals surface area (Å²) in [5.74, 6) is -1.29. The predicted molar refractivity (Wildman–Crippen MR) is 86.7 cm³/mol. The van der Waals surface area contributed by atoms with Crippen molar-refractivity contribution in [3.8, 4) is 0 Å². The van der Waals surface area contributed by atoms with Crippen molar-refractivity contribution in [2.75, 3.05) is 19.0 Å². The van der Waals surface area contributed by atoms with Gasteiger partial charge in [-0.3, -0.25) is 10.1 Å². The number of anilines is 1. The monoisotopic (exact) mass is 338 g/mol.